The van der Waals surface area contributed by atoms with Crippen LogP contribution in [0.25, 0.3) is 11.1 Å². The van der Waals surface area contributed by atoms with Crippen LogP contribution in [0.3, 0.4) is 0 Å². The summed E-state index contributed by atoms with van der Waals surface area (Å²) in [4.78, 5) is 15.8. The van der Waals surface area contributed by atoms with Gasteiger partial charge in [0.1, 0.15) is 5.75 Å². The number of rotatable bonds is 6. The molecule has 0 aliphatic carbocycles. The Kier molecular flexibility index (Phi) is 5.79. The fourth-order valence-electron chi connectivity index (χ4n) is 4.08. The summed E-state index contributed by atoms with van der Waals surface area (Å²) >= 11 is 0. The zero-order chi connectivity index (χ0) is 20.2. The molecular formula is C24H26N2O3. The number of benzene rings is 2. The van der Waals surface area contributed by atoms with Crippen molar-refractivity contribution in [3.63, 3.8) is 0 Å². The second-order valence-electron chi connectivity index (χ2n) is 7.46. The number of aromatic nitrogens is 1. The number of ether oxygens (including phenoxy) is 1. The smallest absolute Gasteiger partial charge is 0.259 e. The minimum atomic E-state index is -0.289. The van der Waals surface area contributed by atoms with Gasteiger partial charge in [0.2, 0.25) is 0 Å². The van der Waals surface area contributed by atoms with E-state index in [1.807, 2.05) is 65.4 Å². The van der Waals surface area contributed by atoms with Gasteiger partial charge in [-0.1, -0.05) is 48.5 Å². The number of β-amino-alcohol motifs (C(OH)–C–C–N with tert-alkyl or cyclic N) is 1. The lowest BCUT2D eigenvalue weighted by Gasteiger charge is -2.26. The molecule has 3 aromatic rings. The quantitative estimate of drug-likeness (QED) is 0.702. The molecule has 1 aliphatic rings. The van der Waals surface area contributed by atoms with Crippen LogP contribution in [0.2, 0.25) is 0 Å². The van der Waals surface area contributed by atoms with E-state index in [0.29, 0.717) is 24.4 Å². The molecule has 1 aromatic heterocycles. The number of likely N-dealkylation sites (tertiary alicyclic amines) is 1. The zero-order valence-electron chi connectivity index (χ0n) is 16.6. The summed E-state index contributed by atoms with van der Waals surface area (Å²) in [6, 6.07) is 21.3. The molecule has 5 nitrogen and oxygen atoms in total. The maximum Gasteiger partial charge on any atom is 0.259 e. The van der Waals surface area contributed by atoms with Gasteiger partial charge in [0.25, 0.3) is 5.56 Å². The highest BCUT2D eigenvalue weighted by atomic mass is 16.5. The van der Waals surface area contributed by atoms with Gasteiger partial charge in [-0.05, 0) is 30.2 Å². The lowest BCUT2D eigenvalue weighted by Crippen LogP contribution is -2.35. The average Bonchev–Trinajstić information content (AvgIpc) is 3.18. The molecule has 29 heavy (non-hydrogen) atoms. The number of hydrogen-bond acceptors (Lipinski definition) is 4. The van der Waals surface area contributed by atoms with Crippen LogP contribution in [0.15, 0.2) is 77.7 Å². The third kappa shape index (κ3) is 4.11. The topological polar surface area (TPSA) is 54.7 Å². The molecule has 4 rings (SSSR count). The van der Waals surface area contributed by atoms with Gasteiger partial charge in [0, 0.05) is 31.4 Å². The molecule has 0 bridgehead atoms. The van der Waals surface area contributed by atoms with Crippen molar-refractivity contribution in [2.24, 2.45) is 0 Å². The molecule has 2 aromatic carbocycles. The second-order valence-corrected chi connectivity index (χ2v) is 7.46. The Morgan fingerprint density at radius 1 is 1.03 bits per heavy atom. The first kappa shape index (κ1) is 19.4. The van der Waals surface area contributed by atoms with E-state index in [1.54, 1.807) is 7.11 Å². The number of aliphatic hydroxyl groups excluding tert-OH is 1. The van der Waals surface area contributed by atoms with Crippen LogP contribution in [0.5, 0.6) is 5.75 Å². The predicted octanol–water partition coefficient (Wildman–Crippen LogP) is 3.18. The van der Waals surface area contributed by atoms with Crippen molar-refractivity contribution in [1.29, 1.82) is 0 Å². The van der Waals surface area contributed by atoms with E-state index in [2.05, 4.69) is 17.0 Å². The van der Waals surface area contributed by atoms with Gasteiger partial charge in [-0.25, -0.2) is 0 Å². The molecule has 0 radical (unpaired) electrons. The van der Waals surface area contributed by atoms with E-state index in [1.165, 1.54) is 0 Å². The van der Waals surface area contributed by atoms with E-state index in [-0.39, 0.29) is 17.7 Å². The number of para-hydroxylation sites is 1. The van der Waals surface area contributed by atoms with Crippen LogP contribution in [0.1, 0.15) is 18.0 Å². The maximum absolute atomic E-state index is 13.5. The maximum atomic E-state index is 13.5. The minimum absolute atomic E-state index is 0.0504. The van der Waals surface area contributed by atoms with E-state index in [9.17, 15) is 9.90 Å². The van der Waals surface area contributed by atoms with Gasteiger partial charge in [0.05, 0.1) is 24.8 Å². The Morgan fingerprint density at radius 3 is 2.48 bits per heavy atom. The van der Waals surface area contributed by atoms with Crippen LogP contribution in [-0.2, 0) is 0 Å². The Labute approximate surface area is 170 Å². The predicted molar refractivity (Wildman–Crippen MR) is 114 cm³/mol. The van der Waals surface area contributed by atoms with E-state index < -0.39 is 0 Å². The number of hydrogen-bond donors (Lipinski definition) is 1. The van der Waals surface area contributed by atoms with Gasteiger partial charge in [-0.15, -0.1) is 0 Å². The van der Waals surface area contributed by atoms with E-state index in [4.69, 9.17) is 4.74 Å². The Hall–Kier alpha value is -2.89. The highest BCUT2D eigenvalue weighted by Gasteiger charge is 2.26. The monoisotopic (exact) mass is 390 g/mol. The molecule has 1 aliphatic heterocycles. The van der Waals surface area contributed by atoms with Gasteiger partial charge >= 0.3 is 0 Å². The first-order valence-electron chi connectivity index (χ1n) is 9.97. The SMILES string of the molecule is COc1ccccc1-c1cccn(C(CN2CCC(O)C2)c2ccccc2)c1=O. The van der Waals surface area contributed by atoms with Crippen molar-refractivity contribution in [2.75, 3.05) is 26.7 Å². The van der Waals surface area contributed by atoms with Crippen molar-refractivity contribution in [2.45, 2.75) is 18.6 Å². The first-order valence-corrected chi connectivity index (χ1v) is 9.97. The molecule has 1 N–H and O–H groups in total. The standard InChI is InChI=1S/C24H26N2O3/c1-29-23-12-6-5-10-20(23)21-11-7-14-26(24(21)28)22(18-8-3-2-4-9-18)17-25-15-13-19(27)16-25/h2-12,14,19,22,27H,13,15-17H2,1H3. The molecule has 0 spiro atoms. The van der Waals surface area contributed by atoms with Crippen molar-refractivity contribution in [1.82, 2.24) is 9.47 Å². The van der Waals surface area contributed by atoms with Crippen LogP contribution in [0, 0.1) is 0 Å². The minimum Gasteiger partial charge on any atom is -0.496 e. The lowest BCUT2D eigenvalue weighted by molar-refractivity contribution is 0.172. The van der Waals surface area contributed by atoms with Gasteiger partial charge in [-0.3, -0.25) is 9.69 Å². The fourth-order valence-corrected chi connectivity index (χ4v) is 4.08. The molecule has 2 unspecified atom stereocenters. The van der Waals surface area contributed by atoms with Crippen molar-refractivity contribution >= 4 is 0 Å². The molecular weight excluding hydrogens is 364 g/mol. The third-order valence-electron chi connectivity index (χ3n) is 5.57. The highest BCUT2D eigenvalue weighted by molar-refractivity contribution is 5.69. The normalized spacial score (nSPS) is 17.9. The molecule has 0 saturated carbocycles. The molecule has 1 fully saturated rings. The third-order valence-corrected chi connectivity index (χ3v) is 5.57. The molecule has 2 atom stereocenters. The zero-order valence-corrected chi connectivity index (χ0v) is 16.6. The van der Waals surface area contributed by atoms with Crippen molar-refractivity contribution in [3.8, 4) is 16.9 Å². The number of methoxy groups -OCH3 is 1. The van der Waals surface area contributed by atoms with Crippen LogP contribution in [-0.4, -0.2) is 47.4 Å². The molecule has 2 heterocycles. The van der Waals surface area contributed by atoms with E-state index >= 15 is 0 Å². The number of pyridine rings is 1. The Morgan fingerprint density at radius 2 is 1.76 bits per heavy atom. The molecule has 5 heteroatoms. The largest absolute Gasteiger partial charge is 0.496 e. The summed E-state index contributed by atoms with van der Waals surface area (Å²) in [5, 5.41) is 9.93. The second kappa shape index (κ2) is 8.64. The summed E-state index contributed by atoms with van der Waals surface area (Å²) in [5.74, 6) is 0.682. The highest BCUT2D eigenvalue weighted by Crippen LogP contribution is 2.28. The average molecular weight is 390 g/mol. The molecule has 0 amide bonds. The van der Waals surface area contributed by atoms with Crippen LogP contribution in [0.4, 0.5) is 0 Å². The number of aliphatic hydroxyl groups is 1. The first-order chi connectivity index (χ1) is 14.2. The summed E-state index contributed by atoms with van der Waals surface area (Å²) in [5.41, 5.74) is 2.43. The lowest BCUT2D eigenvalue weighted by atomic mass is 10.0. The summed E-state index contributed by atoms with van der Waals surface area (Å²) in [6.45, 7) is 2.16. The fraction of sp³-hybridized carbons (Fsp3) is 0.292. The molecule has 150 valence electrons. The Balaban J connectivity index is 1.78. The van der Waals surface area contributed by atoms with Gasteiger partial charge in [0.15, 0.2) is 0 Å². The number of nitrogens with zero attached hydrogens (tertiary/aromatic N) is 2. The van der Waals surface area contributed by atoms with Gasteiger partial charge in [-0.2, -0.15) is 0 Å². The summed E-state index contributed by atoms with van der Waals surface area (Å²) in [6.07, 6.45) is 2.34. The Bertz CT molecular complexity index is 1020. The summed E-state index contributed by atoms with van der Waals surface area (Å²) < 4.78 is 7.28. The summed E-state index contributed by atoms with van der Waals surface area (Å²) in [7, 11) is 1.62. The molecule has 1 saturated heterocycles. The van der Waals surface area contributed by atoms with Gasteiger partial charge < -0.3 is 14.4 Å². The van der Waals surface area contributed by atoms with Crippen LogP contribution < -0.4 is 10.3 Å². The van der Waals surface area contributed by atoms with E-state index in [0.717, 1.165) is 24.1 Å². The van der Waals surface area contributed by atoms with Crippen LogP contribution >= 0.6 is 0 Å². The van der Waals surface area contributed by atoms with Crippen molar-refractivity contribution < 1.29 is 9.84 Å². The van der Waals surface area contributed by atoms with Crippen molar-refractivity contribution in [3.05, 3.63) is 88.8 Å².